The second kappa shape index (κ2) is 6.97. The second-order valence-corrected chi connectivity index (χ2v) is 5.47. The lowest BCUT2D eigenvalue weighted by molar-refractivity contribution is -0.163. The molecule has 1 aromatic carbocycles. The maximum Gasteiger partial charge on any atom is 0.337 e. The van der Waals surface area contributed by atoms with Gasteiger partial charge in [0.05, 0.1) is 36.9 Å². The summed E-state index contributed by atoms with van der Waals surface area (Å²) in [6.07, 6.45) is 2.90. The van der Waals surface area contributed by atoms with Crippen molar-refractivity contribution in [3.05, 3.63) is 34.2 Å². The molecule has 1 N–H and O–H groups in total. The monoisotopic (exact) mass is 320 g/mol. The first-order chi connectivity index (χ1) is 11.2. The van der Waals surface area contributed by atoms with Crippen molar-refractivity contribution in [3.63, 3.8) is 0 Å². The van der Waals surface area contributed by atoms with Crippen LogP contribution in [0.4, 0.5) is 0 Å². The number of fused-ring (bicyclic) bond motifs is 1. The summed E-state index contributed by atoms with van der Waals surface area (Å²) in [5, 5.41) is 0. The minimum Gasteiger partial charge on any atom is -0.465 e. The summed E-state index contributed by atoms with van der Waals surface area (Å²) in [6.45, 7) is 1.56. The third kappa shape index (κ3) is 3.46. The van der Waals surface area contributed by atoms with E-state index in [-0.39, 0.29) is 12.0 Å². The van der Waals surface area contributed by atoms with Crippen LogP contribution < -0.4 is 5.69 Å². The predicted octanol–water partition coefficient (Wildman–Crippen LogP) is 1.66. The predicted molar refractivity (Wildman–Crippen MR) is 83.4 cm³/mol. The van der Waals surface area contributed by atoms with Crippen molar-refractivity contribution in [3.8, 4) is 0 Å². The fraction of sp³-hybridized carbons (Fsp3) is 0.500. The van der Waals surface area contributed by atoms with Crippen LogP contribution in [0.2, 0.25) is 0 Å². The van der Waals surface area contributed by atoms with Crippen LogP contribution in [0.15, 0.2) is 23.0 Å². The fourth-order valence-electron chi connectivity index (χ4n) is 2.75. The number of rotatable bonds is 5. The van der Waals surface area contributed by atoms with Gasteiger partial charge in [0.1, 0.15) is 0 Å². The van der Waals surface area contributed by atoms with Gasteiger partial charge in [-0.1, -0.05) is 0 Å². The van der Waals surface area contributed by atoms with Gasteiger partial charge in [0.25, 0.3) is 0 Å². The molecular weight excluding hydrogens is 300 g/mol. The number of nitrogens with one attached hydrogen (secondary N) is 1. The number of ether oxygens (including phenoxy) is 3. The van der Waals surface area contributed by atoms with Crippen molar-refractivity contribution in [1.82, 2.24) is 9.55 Å². The van der Waals surface area contributed by atoms with Crippen molar-refractivity contribution < 1.29 is 19.0 Å². The lowest BCUT2D eigenvalue weighted by Crippen LogP contribution is -2.26. The number of hydrogen-bond acceptors (Lipinski definition) is 5. The molecule has 0 aliphatic carbocycles. The number of imidazole rings is 1. The van der Waals surface area contributed by atoms with E-state index in [1.165, 1.54) is 7.11 Å². The smallest absolute Gasteiger partial charge is 0.337 e. The molecule has 1 atom stereocenters. The molecule has 1 saturated heterocycles. The number of carbonyl (C=O) groups is 1. The van der Waals surface area contributed by atoms with E-state index in [2.05, 4.69) is 9.72 Å². The molecule has 3 rings (SSSR count). The first-order valence-electron chi connectivity index (χ1n) is 7.73. The Morgan fingerprint density at radius 3 is 3.04 bits per heavy atom. The minimum atomic E-state index is -0.432. The number of nitrogens with zero attached hydrogens (tertiary/aromatic N) is 1. The Kier molecular flexibility index (Phi) is 4.78. The van der Waals surface area contributed by atoms with Crippen LogP contribution in [0.3, 0.4) is 0 Å². The summed E-state index contributed by atoms with van der Waals surface area (Å²) in [7, 11) is 1.32. The molecule has 1 fully saturated rings. The number of esters is 1. The number of aromatic amines is 1. The van der Waals surface area contributed by atoms with E-state index < -0.39 is 5.97 Å². The molecule has 0 radical (unpaired) electrons. The Balaban J connectivity index is 1.71. The largest absolute Gasteiger partial charge is 0.465 e. The quantitative estimate of drug-likeness (QED) is 0.847. The van der Waals surface area contributed by atoms with Gasteiger partial charge in [0.2, 0.25) is 0 Å². The topological polar surface area (TPSA) is 82.6 Å². The number of aromatic nitrogens is 2. The Morgan fingerprint density at radius 2 is 2.30 bits per heavy atom. The summed E-state index contributed by atoms with van der Waals surface area (Å²) >= 11 is 0. The number of carbonyl (C=O) groups excluding carboxylic acids is 1. The van der Waals surface area contributed by atoms with Gasteiger partial charge in [-0.3, -0.25) is 4.57 Å². The molecule has 0 spiro atoms. The van der Waals surface area contributed by atoms with Crippen LogP contribution in [0.25, 0.3) is 11.0 Å². The molecular formula is C16H20N2O5. The third-order valence-electron chi connectivity index (χ3n) is 3.95. The first kappa shape index (κ1) is 15.8. The highest BCUT2D eigenvalue weighted by Crippen LogP contribution is 2.15. The minimum absolute atomic E-state index is 0.171. The first-order valence-corrected chi connectivity index (χ1v) is 7.73. The van der Waals surface area contributed by atoms with Gasteiger partial charge in [0.15, 0.2) is 6.29 Å². The maximum atomic E-state index is 12.1. The standard InChI is InChI=1S/C16H20N2O5/c1-21-15(19)11-5-6-13-12(10-11)17-16(20)18(13)7-9-23-14-4-2-3-8-22-14/h5-6,10,14H,2-4,7-9H2,1H3,(H,17,20). The zero-order valence-electron chi connectivity index (χ0n) is 13.0. The lowest BCUT2D eigenvalue weighted by Gasteiger charge is -2.22. The normalized spacial score (nSPS) is 18.2. The van der Waals surface area contributed by atoms with Gasteiger partial charge in [-0.2, -0.15) is 0 Å². The highest BCUT2D eigenvalue weighted by molar-refractivity contribution is 5.93. The van der Waals surface area contributed by atoms with Crippen molar-refractivity contribution in [2.45, 2.75) is 32.1 Å². The van der Waals surface area contributed by atoms with Crippen molar-refractivity contribution in [2.24, 2.45) is 0 Å². The van der Waals surface area contributed by atoms with Crippen molar-refractivity contribution >= 4 is 17.0 Å². The van der Waals surface area contributed by atoms with E-state index in [0.717, 1.165) is 31.4 Å². The molecule has 7 nitrogen and oxygen atoms in total. The molecule has 2 aromatic rings. The summed E-state index contributed by atoms with van der Waals surface area (Å²) in [4.78, 5) is 26.4. The Hall–Kier alpha value is -2.12. The fourth-order valence-corrected chi connectivity index (χ4v) is 2.75. The molecule has 124 valence electrons. The molecule has 23 heavy (non-hydrogen) atoms. The van der Waals surface area contributed by atoms with Gasteiger partial charge >= 0.3 is 11.7 Å². The molecule has 2 heterocycles. The zero-order chi connectivity index (χ0) is 16.2. The number of benzene rings is 1. The van der Waals surface area contributed by atoms with E-state index in [1.807, 2.05) is 0 Å². The van der Waals surface area contributed by atoms with Gasteiger partial charge in [0, 0.05) is 6.61 Å². The van der Waals surface area contributed by atoms with E-state index in [0.29, 0.717) is 24.2 Å². The zero-order valence-corrected chi connectivity index (χ0v) is 13.0. The van der Waals surface area contributed by atoms with E-state index in [4.69, 9.17) is 9.47 Å². The molecule has 7 heteroatoms. The van der Waals surface area contributed by atoms with E-state index in [9.17, 15) is 9.59 Å². The summed E-state index contributed by atoms with van der Waals surface area (Å²) in [5.41, 5.74) is 1.51. The highest BCUT2D eigenvalue weighted by atomic mass is 16.7. The SMILES string of the molecule is COC(=O)c1ccc2c(c1)[nH]c(=O)n2CCOC1CCCCO1. The maximum absolute atomic E-state index is 12.1. The van der Waals surface area contributed by atoms with Gasteiger partial charge in [-0.25, -0.2) is 9.59 Å². The van der Waals surface area contributed by atoms with Gasteiger partial charge < -0.3 is 19.2 Å². The highest BCUT2D eigenvalue weighted by Gasteiger charge is 2.15. The summed E-state index contributed by atoms with van der Waals surface area (Å²) in [6, 6.07) is 4.99. The second-order valence-electron chi connectivity index (χ2n) is 5.47. The van der Waals surface area contributed by atoms with Crippen LogP contribution in [0.5, 0.6) is 0 Å². The van der Waals surface area contributed by atoms with E-state index in [1.54, 1.807) is 22.8 Å². The number of H-pyrrole nitrogens is 1. The Bertz CT molecular complexity index is 742. The summed E-state index contributed by atoms with van der Waals surface area (Å²) in [5.74, 6) is -0.432. The van der Waals surface area contributed by atoms with Crippen LogP contribution in [-0.4, -0.2) is 42.1 Å². The summed E-state index contributed by atoms with van der Waals surface area (Å²) < 4.78 is 17.4. The van der Waals surface area contributed by atoms with Crippen LogP contribution in [-0.2, 0) is 20.8 Å². The molecule has 1 aliphatic rings. The molecule has 0 saturated carbocycles. The number of hydrogen-bond donors (Lipinski definition) is 1. The third-order valence-corrected chi connectivity index (χ3v) is 3.95. The van der Waals surface area contributed by atoms with Crippen LogP contribution >= 0.6 is 0 Å². The van der Waals surface area contributed by atoms with Crippen LogP contribution in [0.1, 0.15) is 29.6 Å². The van der Waals surface area contributed by atoms with Crippen LogP contribution in [0, 0.1) is 0 Å². The Labute approximate surface area is 133 Å². The molecule has 0 amide bonds. The number of methoxy groups -OCH3 is 1. The molecule has 1 aromatic heterocycles. The van der Waals surface area contributed by atoms with Crippen molar-refractivity contribution in [1.29, 1.82) is 0 Å². The average molecular weight is 320 g/mol. The Morgan fingerprint density at radius 1 is 1.43 bits per heavy atom. The van der Waals surface area contributed by atoms with Crippen molar-refractivity contribution in [2.75, 3.05) is 20.3 Å². The van der Waals surface area contributed by atoms with Gasteiger partial charge in [-0.15, -0.1) is 0 Å². The molecule has 1 aliphatic heterocycles. The molecule has 1 unspecified atom stereocenters. The lowest BCUT2D eigenvalue weighted by atomic mass is 10.2. The average Bonchev–Trinajstić information content (AvgIpc) is 2.90. The molecule has 0 bridgehead atoms. The van der Waals surface area contributed by atoms with E-state index >= 15 is 0 Å². The van der Waals surface area contributed by atoms with Gasteiger partial charge in [-0.05, 0) is 37.5 Å².